The van der Waals surface area contributed by atoms with Gasteiger partial charge in [0.25, 0.3) is 0 Å². The number of rotatable bonds is 6. The average Bonchev–Trinajstić information content (AvgIpc) is 2.86. The van der Waals surface area contributed by atoms with Crippen LogP contribution in [-0.4, -0.2) is 47.1 Å². The van der Waals surface area contributed by atoms with Crippen LogP contribution in [0.25, 0.3) is 10.9 Å². The molecule has 118 valence electrons. The van der Waals surface area contributed by atoms with E-state index in [9.17, 15) is 9.59 Å². The molecule has 0 bridgehead atoms. The Kier molecular flexibility index (Phi) is 5.04. The number of carbonyl (C=O) groups is 2. The molecule has 0 spiro atoms. The molecule has 6 heteroatoms. The summed E-state index contributed by atoms with van der Waals surface area (Å²) in [5.74, 6) is -0.909. The summed E-state index contributed by atoms with van der Waals surface area (Å²) in [6.07, 6.45) is 2.64. The van der Waals surface area contributed by atoms with Gasteiger partial charge in [-0.1, -0.05) is 12.1 Å². The molecule has 0 radical (unpaired) electrons. The highest BCUT2D eigenvalue weighted by molar-refractivity contribution is 5.84. The molecule has 2 rings (SSSR count). The van der Waals surface area contributed by atoms with Crippen molar-refractivity contribution in [3.05, 3.63) is 35.5 Å². The van der Waals surface area contributed by atoms with Crippen molar-refractivity contribution in [1.29, 1.82) is 0 Å². The molecule has 1 heterocycles. The van der Waals surface area contributed by atoms with E-state index in [1.165, 1.54) is 15.8 Å². The highest BCUT2D eigenvalue weighted by Crippen LogP contribution is 2.19. The molecule has 1 aromatic heterocycles. The van der Waals surface area contributed by atoms with Gasteiger partial charge in [0.05, 0.1) is 6.42 Å². The minimum atomic E-state index is -0.909. The van der Waals surface area contributed by atoms with E-state index in [1.807, 2.05) is 13.1 Å². The molecular weight excluding hydrogens is 282 g/mol. The molecule has 0 unspecified atom stereocenters. The van der Waals surface area contributed by atoms with Crippen molar-refractivity contribution in [3.63, 3.8) is 0 Å². The SMILES string of the molecule is Cc1ccc2c(CCNC(=O)N(C)CCC(=O)O)c[nH]c2c1. The molecule has 22 heavy (non-hydrogen) atoms. The Hall–Kier alpha value is -2.50. The lowest BCUT2D eigenvalue weighted by Gasteiger charge is -2.16. The second kappa shape index (κ2) is 6.98. The largest absolute Gasteiger partial charge is 0.481 e. The van der Waals surface area contributed by atoms with Gasteiger partial charge in [0.2, 0.25) is 0 Å². The summed E-state index contributed by atoms with van der Waals surface area (Å²) in [6, 6.07) is 5.99. The highest BCUT2D eigenvalue weighted by Gasteiger charge is 2.10. The van der Waals surface area contributed by atoms with Crippen molar-refractivity contribution in [2.24, 2.45) is 0 Å². The van der Waals surface area contributed by atoms with Gasteiger partial charge in [-0.25, -0.2) is 4.79 Å². The van der Waals surface area contributed by atoms with Crippen LogP contribution in [0.1, 0.15) is 17.5 Å². The first-order valence-electron chi connectivity index (χ1n) is 7.24. The van der Waals surface area contributed by atoms with Crippen molar-refractivity contribution in [1.82, 2.24) is 15.2 Å². The molecule has 3 N–H and O–H groups in total. The van der Waals surface area contributed by atoms with Crippen molar-refractivity contribution in [3.8, 4) is 0 Å². The number of nitrogens with zero attached hydrogens (tertiary/aromatic N) is 1. The fraction of sp³-hybridized carbons (Fsp3) is 0.375. The number of hydrogen-bond donors (Lipinski definition) is 3. The number of aromatic nitrogens is 1. The second-order valence-electron chi connectivity index (χ2n) is 5.41. The summed E-state index contributed by atoms with van der Waals surface area (Å²) in [6.45, 7) is 2.76. The molecule has 0 atom stereocenters. The van der Waals surface area contributed by atoms with E-state index in [4.69, 9.17) is 5.11 Å². The molecule has 6 nitrogen and oxygen atoms in total. The van der Waals surface area contributed by atoms with Crippen LogP contribution in [0.3, 0.4) is 0 Å². The van der Waals surface area contributed by atoms with Gasteiger partial charge in [0.1, 0.15) is 0 Å². The Labute approximate surface area is 129 Å². The van der Waals surface area contributed by atoms with Crippen molar-refractivity contribution in [2.45, 2.75) is 19.8 Å². The number of fused-ring (bicyclic) bond motifs is 1. The Balaban J connectivity index is 1.85. The lowest BCUT2D eigenvalue weighted by Crippen LogP contribution is -2.39. The molecule has 0 aliphatic heterocycles. The Morgan fingerprint density at radius 1 is 1.36 bits per heavy atom. The van der Waals surface area contributed by atoms with E-state index in [0.29, 0.717) is 6.54 Å². The fourth-order valence-corrected chi connectivity index (χ4v) is 2.31. The van der Waals surface area contributed by atoms with E-state index in [2.05, 4.69) is 28.5 Å². The number of H-pyrrole nitrogens is 1. The summed E-state index contributed by atoms with van der Waals surface area (Å²) in [5.41, 5.74) is 3.46. The lowest BCUT2D eigenvalue weighted by molar-refractivity contribution is -0.137. The van der Waals surface area contributed by atoms with Gasteiger partial charge in [-0.15, -0.1) is 0 Å². The summed E-state index contributed by atoms with van der Waals surface area (Å²) in [4.78, 5) is 26.9. The monoisotopic (exact) mass is 303 g/mol. The van der Waals surface area contributed by atoms with Crippen LogP contribution in [0.5, 0.6) is 0 Å². The molecule has 0 aliphatic rings. The van der Waals surface area contributed by atoms with Crippen LogP contribution in [0.2, 0.25) is 0 Å². The fourth-order valence-electron chi connectivity index (χ4n) is 2.31. The second-order valence-corrected chi connectivity index (χ2v) is 5.41. The number of aliphatic carboxylic acids is 1. The van der Waals surface area contributed by atoms with Gasteiger partial charge in [-0.05, 0) is 30.5 Å². The zero-order valence-corrected chi connectivity index (χ0v) is 12.8. The zero-order chi connectivity index (χ0) is 16.1. The van der Waals surface area contributed by atoms with E-state index in [-0.39, 0.29) is 19.0 Å². The summed E-state index contributed by atoms with van der Waals surface area (Å²) >= 11 is 0. The number of carboxylic acid groups (broad SMARTS) is 1. The van der Waals surface area contributed by atoms with Crippen molar-refractivity contribution < 1.29 is 14.7 Å². The molecule has 0 aliphatic carbocycles. The minimum Gasteiger partial charge on any atom is -0.481 e. The number of aryl methyl sites for hydroxylation is 1. The third-order valence-electron chi connectivity index (χ3n) is 3.60. The zero-order valence-electron chi connectivity index (χ0n) is 12.8. The molecule has 0 fully saturated rings. The normalized spacial score (nSPS) is 10.6. The molecule has 2 aromatic rings. The number of urea groups is 1. The first-order chi connectivity index (χ1) is 10.5. The predicted octanol–water partition coefficient (Wildman–Crippen LogP) is 2.13. The van der Waals surface area contributed by atoms with Gasteiger partial charge in [-0.3, -0.25) is 4.79 Å². The minimum absolute atomic E-state index is 0.0499. The number of hydrogen-bond acceptors (Lipinski definition) is 2. The van der Waals surface area contributed by atoms with Gasteiger partial charge in [0, 0.05) is 37.2 Å². The maximum Gasteiger partial charge on any atom is 0.317 e. The standard InChI is InChI=1S/C16H21N3O3/c1-11-3-4-13-12(10-18-14(13)9-11)5-7-17-16(22)19(2)8-6-15(20)21/h3-4,9-10,18H,5-8H2,1-2H3,(H,17,22)(H,20,21). The molecule has 1 aromatic carbocycles. The van der Waals surface area contributed by atoms with E-state index >= 15 is 0 Å². The Morgan fingerprint density at radius 2 is 2.14 bits per heavy atom. The van der Waals surface area contributed by atoms with E-state index < -0.39 is 5.97 Å². The van der Waals surface area contributed by atoms with Crippen molar-refractivity contribution >= 4 is 22.9 Å². The molecular formula is C16H21N3O3. The first kappa shape index (κ1) is 15.9. The first-order valence-corrected chi connectivity index (χ1v) is 7.24. The van der Waals surface area contributed by atoms with Crippen LogP contribution in [0.4, 0.5) is 4.79 Å². The van der Waals surface area contributed by atoms with Gasteiger partial charge in [-0.2, -0.15) is 0 Å². The molecule has 0 saturated carbocycles. The number of carbonyl (C=O) groups excluding carboxylic acids is 1. The highest BCUT2D eigenvalue weighted by atomic mass is 16.4. The van der Waals surface area contributed by atoms with Gasteiger partial charge in [0.15, 0.2) is 0 Å². The topological polar surface area (TPSA) is 85.4 Å². The maximum atomic E-state index is 11.8. The number of aromatic amines is 1. The summed E-state index contributed by atoms with van der Waals surface area (Å²) in [7, 11) is 1.59. The van der Waals surface area contributed by atoms with Gasteiger partial charge < -0.3 is 20.3 Å². The van der Waals surface area contributed by atoms with E-state index in [0.717, 1.165) is 17.5 Å². The Bertz CT molecular complexity index is 678. The smallest absolute Gasteiger partial charge is 0.317 e. The van der Waals surface area contributed by atoms with E-state index in [1.54, 1.807) is 7.05 Å². The van der Waals surface area contributed by atoms with Crippen LogP contribution in [0, 0.1) is 6.92 Å². The number of nitrogens with one attached hydrogen (secondary N) is 2. The third kappa shape index (κ3) is 4.00. The lowest BCUT2D eigenvalue weighted by atomic mass is 10.1. The quantitative estimate of drug-likeness (QED) is 0.764. The maximum absolute atomic E-state index is 11.8. The van der Waals surface area contributed by atoms with Crippen LogP contribution in [0.15, 0.2) is 24.4 Å². The van der Waals surface area contributed by atoms with Crippen LogP contribution >= 0.6 is 0 Å². The van der Waals surface area contributed by atoms with Crippen molar-refractivity contribution in [2.75, 3.05) is 20.1 Å². The average molecular weight is 303 g/mol. The summed E-state index contributed by atoms with van der Waals surface area (Å²) < 4.78 is 0. The van der Waals surface area contributed by atoms with Crippen LogP contribution in [-0.2, 0) is 11.2 Å². The third-order valence-corrected chi connectivity index (χ3v) is 3.60. The summed E-state index contributed by atoms with van der Waals surface area (Å²) in [5, 5.41) is 12.6. The number of amides is 2. The Morgan fingerprint density at radius 3 is 2.86 bits per heavy atom. The van der Waals surface area contributed by atoms with Gasteiger partial charge >= 0.3 is 12.0 Å². The molecule has 0 saturated heterocycles. The number of benzene rings is 1. The predicted molar refractivity (Wildman–Crippen MR) is 85.0 cm³/mol. The number of carboxylic acids is 1. The van der Waals surface area contributed by atoms with Crippen LogP contribution < -0.4 is 5.32 Å². The molecule has 2 amide bonds.